The molecule has 0 radical (unpaired) electrons. The van der Waals surface area contributed by atoms with E-state index >= 15 is 0 Å². The van der Waals surface area contributed by atoms with Crippen molar-refractivity contribution in [3.8, 4) is 0 Å². The van der Waals surface area contributed by atoms with Crippen molar-refractivity contribution in [1.29, 1.82) is 0 Å². The third-order valence-corrected chi connectivity index (χ3v) is 3.15. The fourth-order valence-electron chi connectivity index (χ4n) is 2.11. The van der Waals surface area contributed by atoms with Crippen LogP contribution >= 0.6 is 0 Å². The highest BCUT2D eigenvalue weighted by Gasteiger charge is 2.41. The molecule has 0 atom stereocenters. The summed E-state index contributed by atoms with van der Waals surface area (Å²) in [5.74, 6) is -1.21. The van der Waals surface area contributed by atoms with Crippen LogP contribution in [0, 0.1) is 5.82 Å². The van der Waals surface area contributed by atoms with E-state index in [0.29, 0.717) is 31.6 Å². The molecule has 0 aliphatic carbocycles. The maximum atomic E-state index is 12.8. The molecule has 2 rings (SSSR count). The van der Waals surface area contributed by atoms with E-state index in [1.54, 1.807) is 12.1 Å². The lowest BCUT2D eigenvalue weighted by molar-refractivity contribution is -0.147. The molecule has 1 aliphatic rings. The minimum atomic E-state index is -0.911. The predicted molar refractivity (Wildman–Crippen MR) is 55.8 cm³/mol. The Morgan fingerprint density at radius 3 is 2.31 bits per heavy atom. The van der Waals surface area contributed by atoms with Crippen molar-refractivity contribution >= 4 is 5.97 Å². The topological polar surface area (TPSA) is 46.5 Å². The predicted octanol–water partition coefficient (Wildman–Crippen LogP) is 1.96. The molecule has 16 heavy (non-hydrogen) atoms. The van der Waals surface area contributed by atoms with Gasteiger partial charge in [-0.15, -0.1) is 0 Å². The van der Waals surface area contributed by atoms with Gasteiger partial charge in [-0.2, -0.15) is 0 Å². The van der Waals surface area contributed by atoms with Crippen LogP contribution in [0.4, 0.5) is 4.39 Å². The molecule has 1 fully saturated rings. The van der Waals surface area contributed by atoms with Gasteiger partial charge in [0.2, 0.25) is 0 Å². The Labute approximate surface area is 92.9 Å². The van der Waals surface area contributed by atoms with Gasteiger partial charge >= 0.3 is 5.97 Å². The number of carboxylic acids is 1. The maximum absolute atomic E-state index is 12.8. The van der Waals surface area contributed by atoms with Crippen molar-refractivity contribution in [2.24, 2.45) is 0 Å². The minimum absolute atomic E-state index is 0.351. The average Bonchev–Trinajstić information content (AvgIpc) is 2.30. The molecule has 4 heteroatoms. The first-order chi connectivity index (χ1) is 7.65. The zero-order valence-corrected chi connectivity index (χ0v) is 8.78. The van der Waals surface area contributed by atoms with Crippen LogP contribution in [0.2, 0.25) is 0 Å². The van der Waals surface area contributed by atoms with Crippen LogP contribution in [0.3, 0.4) is 0 Å². The molecule has 0 aromatic heterocycles. The molecule has 86 valence electrons. The number of aliphatic carboxylic acids is 1. The molecule has 0 amide bonds. The lowest BCUT2D eigenvalue weighted by Crippen LogP contribution is -2.41. The first kappa shape index (κ1) is 11.1. The first-order valence-electron chi connectivity index (χ1n) is 5.22. The highest BCUT2D eigenvalue weighted by atomic mass is 19.1. The number of hydrogen-bond donors (Lipinski definition) is 1. The molecule has 0 saturated carbocycles. The highest BCUT2D eigenvalue weighted by Crippen LogP contribution is 2.35. The van der Waals surface area contributed by atoms with Crippen molar-refractivity contribution < 1.29 is 19.0 Å². The quantitative estimate of drug-likeness (QED) is 0.835. The van der Waals surface area contributed by atoms with Gasteiger partial charge in [-0.25, -0.2) is 4.39 Å². The Kier molecular flexibility index (Phi) is 2.92. The van der Waals surface area contributed by atoms with Crippen LogP contribution in [0.5, 0.6) is 0 Å². The number of carbonyl (C=O) groups is 1. The molecule has 1 heterocycles. The van der Waals surface area contributed by atoms with Gasteiger partial charge in [0.25, 0.3) is 0 Å². The summed E-state index contributed by atoms with van der Waals surface area (Å²) < 4.78 is 18.0. The smallest absolute Gasteiger partial charge is 0.314 e. The lowest BCUT2D eigenvalue weighted by Gasteiger charge is -2.33. The Balaban J connectivity index is 2.38. The molecule has 1 aromatic carbocycles. The van der Waals surface area contributed by atoms with Crippen LogP contribution < -0.4 is 0 Å². The standard InChI is InChI=1S/C12H13FO3/c13-10-3-1-9(2-4-10)12(11(14)15)5-7-16-8-6-12/h1-4H,5-8H2,(H,14,15). The lowest BCUT2D eigenvalue weighted by atomic mass is 9.74. The average molecular weight is 224 g/mol. The number of benzene rings is 1. The Morgan fingerprint density at radius 1 is 1.25 bits per heavy atom. The molecule has 1 saturated heterocycles. The first-order valence-corrected chi connectivity index (χ1v) is 5.22. The third-order valence-electron chi connectivity index (χ3n) is 3.15. The summed E-state index contributed by atoms with van der Waals surface area (Å²) in [4.78, 5) is 11.4. The van der Waals surface area contributed by atoms with E-state index in [1.165, 1.54) is 12.1 Å². The molecule has 1 aliphatic heterocycles. The summed E-state index contributed by atoms with van der Waals surface area (Å²) in [6.45, 7) is 0.868. The minimum Gasteiger partial charge on any atom is -0.481 e. The van der Waals surface area contributed by atoms with Crippen LogP contribution in [-0.4, -0.2) is 24.3 Å². The highest BCUT2D eigenvalue weighted by molar-refractivity contribution is 5.81. The van der Waals surface area contributed by atoms with Crippen LogP contribution in [0.25, 0.3) is 0 Å². The summed E-state index contributed by atoms with van der Waals surface area (Å²) in [6.07, 6.45) is 0.877. The van der Waals surface area contributed by atoms with E-state index in [-0.39, 0.29) is 5.82 Å². The molecule has 0 unspecified atom stereocenters. The van der Waals surface area contributed by atoms with Crippen molar-refractivity contribution in [2.75, 3.05) is 13.2 Å². The van der Waals surface area contributed by atoms with Crippen molar-refractivity contribution in [3.05, 3.63) is 35.6 Å². The van der Waals surface area contributed by atoms with Crippen molar-refractivity contribution in [1.82, 2.24) is 0 Å². The van der Waals surface area contributed by atoms with E-state index in [1.807, 2.05) is 0 Å². The van der Waals surface area contributed by atoms with E-state index in [4.69, 9.17) is 4.74 Å². The van der Waals surface area contributed by atoms with Gasteiger partial charge in [-0.05, 0) is 30.5 Å². The summed E-state index contributed by atoms with van der Waals surface area (Å²) in [5.41, 5.74) is -0.254. The largest absolute Gasteiger partial charge is 0.481 e. The number of carboxylic acid groups (broad SMARTS) is 1. The Bertz CT molecular complexity index is 380. The van der Waals surface area contributed by atoms with Crippen molar-refractivity contribution in [2.45, 2.75) is 18.3 Å². The molecular formula is C12H13FO3. The third kappa shape index (κ3) is 1.80. The normalized spacial score (nSPS) is 19.3. The van der Waals surface area contributed by atoms with Crippen LogP contribution in [0.15, 0.2) is 24.3 Å². The molecular weight excluding hydrogens is 211 g/mol. The van der Waals surface area contributed by atoms with Crippen LogP contribution in [-0.2, 0) is 14.9 Å². The van der Waals surface area contributed by atoms with Crippen LogP contribution in [0.1, 0.15) is 18.4 Å². The molecule has 0 bridgehead atoms. The number of ether oxygens (including phenoxy) is 1. The van der Waals surface area contributed by atoms with Gasteiger partial charge in [0.05, 0.1) is 5.41 Å². The number of hydrogen-bond acceptors (Lipinski definition) is 2. The molecule has 0 spiro atoms. The van der Waals surface area contributed by atoms with Gasteiger partial charge in [0, 0.05) is 13.2 Å². The van der Waals surface area contributed by atoms with E-state index in [9.17, 15) is 14.3 Å². The summed E-state index contributed by atoms with van der Waals surface area (Å²) in [5, 5.41) is 9.36. The second-order valence-electron chi connectivity index (χ2n) is 4.01. The van der Waals surface area contributed by atoms with Gasteiger partial charge in [-0.3, -0.25) is 4.79 Å². The fourth-order valence-corrected chi connectivity index (χ4v) is 2.11. The second-order valence-corrected chi connectivity index (χ2v) is 4.01. The van der Waals surface area contributed by atoms with E-state index in [0.717, 1.165) is 0 Å². The molecule has 1 N–H and O–H groups in total. The SMILES string of the molecule is O=C(O)C1(c2ccc(F)cc2)CCOCC1. The van der Waals surface area contributed by atoms with E-state index < -0.39 is 11.4 Å². The van der Waals surface area contributed by atoms with Gasteiger partial charge in [-0.1, -0.05) is 12.1 Å². The van der Waals surface area contributed by atoms with E-state index in [2.05, 4.69) is 0 Å². The Hall–Kier alpha value is -1.42. The van der Waals surface area contributed by atoms with Gasteiger partial charge in [0.15, 0.2) is 0 Å². The zero-order valence-electron chi connectivity index (χ0n) is 8.78. The summed E-state index contributed by atoms with van der Waals surface area (Å²) in [7, 11) is 0. The zero-order chi connectivity index (χ0) is 11.6. The molecule has 3 nitrogen and oxygen atoms in total. The molecule has 1 aromatic rings. The maximum Gasteiger partial charge on any atom is 0.314 e. The summed E-state index contributed by atoms with van der Waals surface area (Å²) >= 11 is 0. The van der Waals surface area contributed by atoms with Gasteiger partial charge in [0.1, 0.15) is 5.82 Å². The fraction of sp³-hybridized carbons (Fsp3) is 0.417. The monoisotopic (exact) mass is 224 g/mol. The Morgan fingerprint density at radius 2 is 1.81 bits per heavy atom. The number of halogens is 1. The summed E-state index contributed by atoms with van der Waals surface area (Å²) in [6, 6.07) is 5.70. The van der Waals surface area contributed by atoms with Gasteiger partial charge < -0.3 is 9.84 Å². The number of rotatable bonds is 2. The second kappa shape index (κ2) is 4.22. The van der Waals surface area contributed by atoms with Crippen molar-refractivity contribution in [3.63, 3.8) is 0 Å².